The van der Waals surface area contributed by atoms with Crippen LogP contribution in [0, 0.1) is 0 Å². The predicted molar refractivity (Wildman–Crippen MR) is 52.4 cm³/mol. The number of anilines is 1. The fraction of sp³-hybridized carbons (Fsp3) is 0.300. The van der Waals surface area contributed by atoms with Crippen LogP contribution in [0.4, 0.5) is 5.69 Å². The van der Waals surface area contributed by atoms with Gasteiger partial charge in [-0.05, 0) is 11.6 Å². The lowest BCUT2D eigenvalue weighted by Crippen LogP contribution is -2.29. The lowest BCUT2D eigenvalue weighted by Gasteiger charge is -2.09. The van der Waals surface area contributed by atoms with Gasteiger partial charge in [0.25, 0.3) is 0 Å². The van der Waals surface area contributed by atoms with Crippen molar-refractivity contribution in [1.29, 1.82) is 0 Å². The summed E-state index contributed by atoms with van der Waals surface area (Å²) in [5.74, 6) is -0.324. The van der Waals surface area contributed by atoms with Gasteiger partial charge in [0.2, 0.25) is 5.91 Å². The summed E-state index contributed by atoms with van der Waals surface area (Å²) in [5.41, 5.74) is 1.61. The van der Waals surface area contributed by atoms with Gasteiger partial charge in [0, 0.05) is 7.05 Å². The van der Waals surface area contributed by atoms with Crippen LogP contribution in [0.2, 0.25) is 0 Å². The van der Waals surface area contributed by atoms with Crippen molar-refractivity contribution < 1.29 is 10.0 Å². The van der Waals surface area contributed by atoms with E-state index in [9.17, 15) is 10.0 Å². The standard InChI is InChI=1S/C10H12N2O2/c1-11-10(13)8-6-12(14)9-5-3-2-4-7(8)9/h2-5,8,14H,6H2,1H3,(H,11,13). The zero-order valence-corrected chi connectivity index (χ0v) is 7.90. The summed E-state index contributed by atoms with van der Waals surface area (Å²) in [5, 5.41) is 13.3. The van der Waals surface area contributed by atoms with E-state index in [-0.39, 0.29) is 11.8 Å². The summed E-state index contributed by atoms with van der Waals surface area (Å²) >= 11 is 0. The molecule has 1 aromatic rings. The van der Waals surface area contributed by atoms with Gasteiger partial charge in [0.05, 0.1) is 18.2 Å². The SMILES string of the molecule is CNC(=O)C1CN(O)c2ccccc21. The van der Waals surface area contributed by atoms with E-state index < -0.39 is 0 Å². The Hall–Kier alpha value is -1.55. The molecule has 1 amide bonds. The van der Waals surface area contributed by atoms with Gasteiger partial charge in [-0.15, -0.1) is 0 Å². The van der Waals surface area contributed by atoms with E-state index in [0.29, 0.717) is 6.54 Å². The minimum absolute atomic E-state index is 0.0611. The van der Waals surface area contributed by atoms with Crippen molar-refractivity contribution in [3.05, 3.63) is 29.8 Å². The Kier molecular flexibility index (Phi) is 2.13. The lowest BCUT2D eigenvalue weighted by molar-refractivity contribution is -0.121. The van der Waals surface area contributed by atoms with E-state index in [2.05, 4.69) is 5.32 Å². The smallest absolute Gasteiger partial charge is 0.229 e. The number of fused-ring (bicyclic) bond motifs is 1. The molecule has 2 N–H and O–H groups in total. The maximum absolute atomic E-state index is 11.5. The van der Waals surface area contributed by atoms with Crippen molar-refractivity contribution in [2.24, 2.45) is 0 Å². The van der Waals surface area contributed by atoms with Gasteiger partial charge in [-0.3, -0.25) is 15.1 Å². The number of benzene rings is 1. The molecule has 0 aliphatic carbocycles. The second-order valence-corrected chi connectivity index (χ2v) is 3.31. The average molecular weight is 192 g/mol. The van der Waals surface area contributed by atoms with E-state index in [1.54, 1.807) is 13.1 Å². The third kappa shape index (κ3) is 1.24. The third-order valence-corrected chi connectivity index (χ3v) is 2.51. The molecular weight excluding hydrogens is 180 g/mol. The van der Waals surface area contributed by atoms with Crippen LogP contribution in [-0.4, -0.2) is 24.7 Å². The van der Waals surface area contributed by atoms with Crippen LogP contribution in [0.1, 0.15) is 11.5 Å². The molecular formula is C10H12N2O2. The molecule has 1 atom stereocenters. The summed E-state index contributed by atoms with van der Waals surface area (Å²) in [6.07, 6.45) is 0. The van der Waals surface area contributed by atoms with E-state index >= 15 is 0 Å². The van der Waals surface area contributed by atoms with Crippen molar-refractivity contribution in [1.82, 2.24) is 5.32 Å². The molecule has 4 nitrogen and oxygen atoms in total. The third-order valence-electron chi connectivity index (χ3n) is 2.51. The molecule has 74 valence electrons. The topological polar surface area (TPSA) is 52.6 Å². The lowest BCUT2D eigenvalue weighted by atomic mass is 10.0. The first-order chi connectivity index (χ1) is 6.74. The van der Waals surface area contributed by atoms with Crippen LogP contribution in [0.5, 0.6) is 0 Å². The number of amides is 1. The Labute approximate surface area is 82.1 Å². The van der Waals surface area contributed by atoms with Crippen molar-refractivity contribution in [2.45, 2.75) is 5.92 Å². The molecule has 0 saturated carbocycles. The molecule has 1 heterocycles. The number of carbonyl (C=O) groups excluding carboxylic acids is 1. The Morgan fingerprint density at radius 2 is 2.29 bits per heavy atom. The number of hydrogen-bond acceptors (Lipinski definition) is 3. The Balaban J connectivity index is 2.39. The molecule has 2 rings (SSSR count). The molecule has 1 aliphatic rings. The highest BCUT2D eigenvalue weighted by Gasteiger charge is 2.31. The largest absolute Gasteiger partial charge is 0.359 e. The van der Waals surface area contributed by atoms with Crippen LogP contribution in [-0.2, 0) is 4.79 Å². The first kappa shape index (κ1) is 9.02. The monoisotopic (exact) mass is 192 g/mol. The molecule has 0 radical (unpaired) electrons. The summed E-state index contributed by atoms with van der Waals surface area (Å²) in [7, 11) is 1.60. The van der Waals surface area contributed by atoms with E-state index in [1.165, 1.54) is 0 Å². The Bertz CT molecular complexity index is 365. The fourth-order valence-corrected chi connectivity index (χ4v) is 1.79. The molecule has 4 heteroatoms. The zero-order chi connectivity index (χ0) is 10.1. The Morgan fingerprint density at radius 1 is 1.57 bits per heavy atom. The van der Waals surface area contributed by atoms with Crippen LogP contribution in [0.15, 0.2) is 24.3 Å². The number of nitrogens with zero attached hydrogens (tertiary/aromatic N) is 1. The second-order valence-electron chi connectivity index (χ2n) is 3.31. The number of likely N-dealkylation sites (N-methyl/N-ethyl adjacent to an activating group) is 1. The number of nitrogens with one attached hydrogen (secondary N) is 1. The molecule has 14 heavy (non-hydrogen) atoms. The second kappa shape index (κ2) is 3.31. The van der Waals surface area contributed by atoms with Crippen LogP contribution >= 0.6 is 0 Å². The molecule has 1 aromatic carbocycles. The number of hydroxylamine groups is 1. The minimum atomic E-state index is -0.263. The number of para-hydroxylation sites is 1. The first-order valence-corrected chi connectivity index (χ1v) is 4.51. The maximum atomic E-state index is 11.5. The maximum Gasteiger partial charge on any atom is 0.229 e. The van der Waals surface area contributed by atoms with Gasteiger partial charge < -0.3 is 5.32 Å². The molecule has 1 unspecified atom stereocenters. The fourth-order valence-electron chi connectivity index (χ4n) is 1.79. The normalized spacial score (nSPS) is 19.3. The highest BCUT2D eigenvalue weighted by atomic mass is 16.5. The van der Waals surface area contributed by atoms with Gasteiger partial charge in [0.15, 0.2) is 0 Å². The molecule has 1 aliphatic heterocycles. The molecule has 0 fully saturated rings. The van der Waals surface area contributed by atoms with Gasteiger partial charge in [0.1, 0.15) is 0 Å². The van der Waals surface area contributed by atoms with Crippen LogP contribution in [0.25, 0.3) is 0 Å². The summed E-state index contributed by atoms with van der Waals surface area (Å²) in [4.78, 5) is 11.5. The molecule has 0 aromatic heterocycles. The first-order valence-electron chi connectivity index (χ1n) is 4.51. The zero-order valence-electron chi connectivity index (χ0n) is 7.90. The molecule has 0 spiro atoms. The Morgan fingerprint density at radius 3 is 3.00 bits per heavy atom. The van der Waals surface area contributed by atoms with Crippen LogP contribution < -0.4 is 10.4 Å². The highest BCUT2D eigenvalue weighted by Crippen LogP contribution is 2.34. The predicted octanol–water partition coefficient (Wildman–Crippen LogP) is 0.725. The summed E-state index contributed by atoms with van der Waals surface area (Å²) < 4.78 is 0. The number of rotatable bonds is 1. The summed E-state index contributed by atoms with van der Waals surface area (Å²) in [6.45, 7) is 0.332. The molecule has 0 bridgehead atoms. The van der Waals surface area contributed by atoms with Crippen molar-refractivity contribution in [3.63, 3.8) is 0 Å². The molecule has 0 saturated heterocycles. The van der Waals surface area contributed by atoms with Crippen molar-refractivity contribution >= 4 is 11.6 Å². The minimum Gasteiger partial charge on any atom is -0.359 e. The van der Waals surface area contributed by atoms with E-state index in [1.807, 2.05) is 18.2 Å². The quantitative estimate of drug-likeness (QED) is 0.689. The van der Waals surface area contributed by atoms with Crippen molar-refractivity contribution in [2.75, 3.05) is 18.7 Å². The van der Waals surface area contributed by atoms with Gasteiger partial charge in [-0.1, -0.05) is 18.2 Å². The van der Waals surface area contributed by atoms with Crippen molar-refractivity contribution in [3.8, 4) is 0 Å². The van der Waals surface area contributed by atoms with E-state index in [0.717, 1.165) is 16.3 Å². The average Bonchev–Trinajstić information content (AvgIpc) is 2.56. The number of carbonyl (C=O) groups is 1. The van der Waals surface area contributed by atoms with Crippen LogP contribution in [0.3, 0.4) is 0 Å². The van der Waals surface area contributed by atoms with E-state index in [4.69, 9.17) is 0 Å². The number of hydrogen-bond donors (Lipinski definition) is 2. The summed E-state index contributed by atoms with van der Waals surface area (Å²) in [6, 6.07) is 7.38. The van der Waals surface area contributed by atoms with Gasteiger partial charge in [-0.2, -0.15) is 0 Å². The van der Waals surface area contributed by atoms with Gasteiger partial charge >= 0.3 is 0 Å². The van der Waals surface area contributed by atoms with Gasteiger partial charge in [-0.25, -0.2) is 0 Å². The highest BCUT2D eigenvalue weighted by molar-refractivity contribution is 5.87.